The van der Waals surface area contributed by atoms with Gasteiger partial charge in [0.15, 0.2) is 0 Å². The Balaban J connectivity index is 0.000000139. The number of likely N-dealkylation sites (N-methyl/N-ethyl adjacent to an activating group) is 3. The summed E-state index contributed by atoms with van der Waals surface area (Å²) in [6.07, 6.45) is 15.7. The number of thioether (sulfide) groups is 1. The zero-order chi connectivity index (χ0) is 50.7. The number of carbonyl (C=O) groups is 1. The number of piperidine rings is 1. The Morgan fingerprint density at radius 1 is 0.822 bits per heavy atom. The van der Waals surface area contributed by atoms with Gasteiger partial charge in [-0.05, 0) is 129 Å². The molecule has 1 amide bonds. The first kappa shape index (κ1) is 53.2. The monoisotopic (exact) mass is 1040 g/mol. The van der Waals surface area contributed by atoms with Crippen LogP contribution in [0.2, 0.25) is 0 Å². The van der Waals surface area contributed by atoms with Gasteiger partial charge in [-0.25, -0.2) is 4.79 Å². The van der Waals surface area contributed by atoms with Crippen molar-refractivity contribution in [2.45, 2.75) is 97.6 Å². The topological polar surface area (TPSA) is 91.2 Å². The molecule has 73 heavy (non-hydrogen) atoms. The van der Waals surface area contributed by atoms with Crippen LogP contribution in [0.15, 0.2) is 118 Å². The van der Waals surface area contributed by atoms with E-state index in [9.17, 15) is 4.79 Å². The molecule has 2 saturated heterocycles. The lowest BCUT2D eigenvalue weighted by atomic mass is 9.72. The fourth-order valence-corrected chi connectivity index (χ4v) is 13.5. The van der Waals surface area contributed by atoms with E-state index in [0.29, 0.717) is 37.1 Å². The van der Waals surface area contributed by atoms with Crippen LogP contribution < -0.4 is 10.1 Å². The lowest BCUT2D eigenvalue weighted by Crippen LogP contribution is -2.50. The first-order valence-corrected chi connectivity index (χ1v) is 29.3. The van der Waals surface area contributed by atoms with E-state index in [1.54, 1.807) is 0 Å². The summed E-state index contributed by atoms with van der Waals surface area (Å²) in [6, 6.07) is 33.5. The maximum Gasteiger partial charge on any atom is 0.407 e. The highest BCUT2D eigenvalue weighted by Crippen LogP contribution is 2.46. The van der Waals surface area contributed by atoms with Crippen LogP contribution in [0.1, 0.15) is 90.9 Å². The zero-order valence-corrected chi connectivity index (χ0v) is 46.4. The average molecular weight is 1040 g/mol. The summed E-state index contributed by atoms with van der Waals surface area (Å²) in [5.74, 6) is 1.65. The number of nitrogens with one attached hydrogen (secondary N) is 1. The zero-order valence-electron chi connectivity index (χ0n) is 43.9. The van der Waals surface area contributed by atoms with Crippen LogP contribution in [0.4, 0.5) is 4.79 Å². The van der Waals surface area contributed by atoms with Crippen LogP contribution in [-0.2, 0) is 31.2 Å². The predicted octanol–water partition coefficient (Wildman–Crippen LogP) is 11.7. The normalized spacial score (nSPS) is 21.0. The number of nitrogens with zero attached hydrogens (tertiary/aromatic N) is 7. The molecule has 1 unspecified atom stereocenters. The third-order valence-electron chi connectivity index (χ3n) is 15.4. The SMILES string of the molecule is CCCCCCOc1nsnc1C1=CCCN(C)C1.CN1C[C@H](CNC(=O)OCc2ccccc2)C[C@@H]2c3cccc4c3c(cn4C)C[C@H]21.CSc1ccc2c(c1)C(N1CCN(C)CC1)Cc1ccccc1S2. The summed E-state index contributed by atoms with van der Waals surface area (Å²) < 4.78 is 22.1. The van der Waals surface area contributed by atoms with Crippen LogP contribution in [-0.4, -0.2) is 131 Å². The highest BCUT2D eigenvalue weighted by atomic mass is 32.2. The molecule has 0 radical (unpaired) electrons. The maximum atomic E-state index is 12.2. The maximum absolute atomic E-state index is 12.2. The molecule has 11 rings (SSSR count). The fourth-order valence-electron chi connectivity index (χ4n) is 11.4. The summed E-state index contributed by atoms with van der Waals surface area (Å²) in [7, 11) is 8.74. The molecule has 1 N–H and O–H groups in total. The summed E-state index contributed by atoms with van der Waals surface area (Å²) >= 11 is 5.03. The lowest BCUT2D eigenvalue weighted by Gasteiger charge is -2.45. The minimum absolute atomic E-state index is 0.306. The Bertz CT molecular complexity index is 2770. The number of fused-ring (bicyclic) bond motifs is 4. The van der Waals surface area contributed by atoms with Crippen LogP contribution in [0, 0.1) is 5.92 Å². The molecular weight excluding hydrogens is 965 g/mol. The molecule has 388 valence electrons. The molecule has 4 aliphatic heterocycles. The van der Waals surface area contributed by atoms with Gasteiger partial charge in [-0.15, -0.1) is 16.1 Å². The summed E-state index contributed by atoms with van der Waals surface area (Å²) in [5.41, 5.74) is 10.5. The van der Waals surface area contributed by atoms with E-state index < -0.39 is 0 Å². The van der Waals surface area contributed by atoms with Crippen molar-refractivity contribution >= 4 is 57.8 Å². The summed E-state index contributed by atoms with van der Waals surface area (Å²) in [5, 5.41) is 4.44. The molecule has 4 aromatic carbocycles. The van der Waals surface area contributed by atoms with Gasteiger partial charge in [0.2, 0.25) is 0 Å². The van der Waals surface area contributed by atoms with E-state index >= 15 is 0 Å². The van der Waals surface area contributed by atoms with Gasteiger partial charge < -0.3 is 34.1 Å². The Hall–Kier alpha value is -4.67. The van der Waals surface area contributed by atoms with E-state index in [0.717, 1.165) is 88.6 Å². The number of benzene rings is 4. The van der Waals surface area contributed by atoms with Gasteiger partial charge in [-0.1, -0.05) is 105 Å². The predicted molar refractivity (Wildman–Crippen MR) is 302 cm³/mol. The Morgan fingerprint density at radius 2 is 1.64 bits per heavy atom. The van der Waals surface area contributed by atoms with Crippen molar-refractivity contribution in [2.75, 3.05) is 86.4 Å². The van der Waals surface area contributed by atoms with Crippen molar-refractivity contribution in [2.24, 2.45) is 13.0 Å². The summed E-state index contributed by atoms with van der Waals surface area (Å²) in [6.45, 7) is 11.7. The van der Waals surface area contributed by atoms with Gasteiger partial charge in [-0.2, -0.15) is 4.37 Å². The van der Waals surface area contributed by atoms with E-state index in [-0.39, 0.29) is 6.09 Å². The van der Waals surface area contributed by atoms with Crippen LogP contribution in [0.5, 0.6) is 5.88 Å². The minimum atomic E-state index is -0.334. The quantitative estimate of drug-likeness (QED) is 0.0886. The van der Waals surface area contributed by atoms with Gasteiger partial charge in [0.05, 0.1) is 18.3 Å². The lowest BCUT2D eigenvalue weighted by molar-refractivity contribution is 0.104. The van der Waals surface area contributed by atoms with Crippen molar-refractivity contribution in [3.05, 3.63) is 137 Å². The van der Waals surface area contributed by atoms with Crippen LogP contribution >= 0.6 is 35.3 Å². The molecule has 14 heteroatoms. The number of hydrogen-bond donors (Lipinski definition) is 1. The molecule has 2 fully saturated rings. The molecule has 0 spiro atoms. The van der Waals surface area contributed by atoms with Crippen LogP contribution in [0.3, 0.4) is 0 Å². The van der Waals surface area contributed by atoms with Gasteiger partial charge in [-0.3, -0.25) is 4.90 Å². The average Bonchev–Trinajstić information content (AvgIpc) is 3.98. The number of unbranched alkanes of at least 4 members (excludes halogenated alkanes) is 3. The number of aromatic nitrogens is 3. The molecule has 5 aliphatic rings. The van der Waals surface area contributed by atoms with Gasteiger partial charge in [0, 0.05) is 109 Å². The first-order chi connectivity index (χ1) is 35.6. The van der Waals surface area contributed by atoms with Gasteiger partial charge >= 0.3 is 6.09 Å². The Morgan fingerprint density at radius 3 is 2.45 bits per heavy atom. The summed E-state index contributed by atoms with van der Waals surface area (Å²) in [4.78, 5) is 26.4. The van der Waals surface area contributed by atoms with Crippen molar-refractivity contribution in [3.8, 4) is 5.88 Å². The van der Waals surface area contributed by atoms with Crippen LogP contribution in [0.25, 0.3) is 16.5 Å². The second-order valence-corrected chi connectivity index (χ2v) is 23.1. The molecule has 6 aromatic rings. The molecule has 1 aliphatic carbocycles. The second kappa shape index (κ2) is 25.7. The molecule has 11 nitrogen and oxygen atoms in total. The number of rotatable bonds is 13. The first-order valence-electron chi connectivity index (χ1n) is 26.6. The molecule has 2 aromatic heterocycles. The van der Waals surface area contributed by atoms with E-state index in [1.807, 2.05) is 53.9 Å². The number of amides is 1. The Labute approximate surface area is 447 Å². The third kappa shape index (κ3) is 13.4. The van der Waals surface area contributed by atoms with Crippen molar-refractivity contribution < 1.29 is 14.3 Å². The van der Waals surface area contributed by atoms with Gasteiger partial charge in [0.25, 0.3) is 5.88 Å². The number of ether oxygens (including phenoxy) is 2. The van der Waals surface area contributed by atoms with Gasteiger partial charge in [0.1, 0.15) is 12.3 Å². The van der Waals surface area contributed by atoms with E-state index in [1.165, 1.54) is 97.5 Å². The molecule has 0 bridgehead atoms. The number of alkyl carbamates (subject to hydrolysis) is 1. The molecule has 4 atom stereocenters. The van der Waals surface area contributed by atoms with Crippen molar-refractivity contribution in [3.63, 3.8) is 0 Å². The molecule has 6 heterocycles. The highest BCUT2D eigenvalue weighted by molar-refractivity contribution is 7.99. The third-order valence-corrected chi connectivity index (χ3v) is 17.8. The number of piperazine rings is 1. The minimum Gasteiger partial charge on any atom is -0.475 e. The van der Waals surface area contributed by atoms with Crippen molar-refractivity contribution in [1.82, 2.24) is 38.2 Å². The van der Waals surface area contributed by atoms with E-state index in [2.05, 4.69) is 153 Å². The largest absolute Gasteiger partial charge is 0.475 e. The highest BCUT2D eigenvalue weighted by Gasteiger charge is 2.40. The second-order valence-electron chi connectivity index (χ2n) is 20.6. The smallest absolute Gasteiger partial charge is 0.407 e. The number of carbonyl (C=O) groups excluding carboxylic acids is 1. The number of likely N-dealkylation sites (tertiary alicyclic amines) is 1. The number of aryl methyl sites for hydroxylation is 1. The Kier molecular flexibility index (Phi) is 18.7. The fraction of sp³-hybridized carbons (Fsp3) is 0.475. The molecular formula is C59H76N8O3S3. The molecule has 0 saturated carbocycles. The van der Waals surface area contributed by atoms with Crippen molar-refractivity contribution in [1.29, 1.82) is 0 Å². The standard InChI is InChI=1S/C25H29N3O2.C20H24N2S2.C14H23N3OS/c1-27-14-18(13-26-25(29)30-16-17-7-4-3-5-8-17)11-21-20-9-6-10-22-24(20)19(12-23(21)27)15-28(22)2;1-21-9-11-22(12-10-21)18-13-15-5-3-4-6-19(15)24-20-8-7-16(23-2)14-17(18)20;1-3-4-5-6-10-18-14-13(15-19-16-14)12-8-7-9-17(2)11-12/h3-10,15,18,21,23H,11-14,16H2,1-2H3,(H,26,29);3-8,14,18H,9-13H2,1-2H3;8H,3-7,9-11H2,1-2H3/t18-,21+,23+;;/m0../s1. The number of hydrogen-bond acceptors (Lipinski definition) is 12. The van der Waals surface area contributed by atoms with E-state index in [4.69, 9.17) is 9.47 Å².